The van der Waals surface area contributed by atoms with Crippen LogP contribution < -0.4 is 0 Å². The third-order valence-electron chi connectivity index (χ3n) is 2.19. The van der Waals surface area contributed by atoms with E-state index in [0.717, 1.165) is 12.8 Å². The number of halogens is 3. The lowest BCUT2D eigenvalue weighted by atomic mass is 10.1. The number of alkyl halides is 1. The Kier molecular flexibility index (Phi) is 2.37. The van der Waals surface area contributed by atoms with Crippen LogP contribution in [0, 0.1) is 0 Å². The Hall–Kier alpha value is 0.280. The molecule has 0 bridgehead atoms. The molecule has 2 rings (SSSR count). The maximum absolute atomic E-state index is 5.90. The molecule has 0 fully saturated rings. The van der Waals surface area contributed by atoms with Crippen LogP contribution in [-0.4, -0.2) is 0 Å². The second-order valence-corrected chi connectivity index (χ2v) is 4.89. The SMILES string of the molecule is Clc1cc2c(cc1Cl)C(Br)CC2. The largest absolute Gasteiger partial charge is 0.0839 e. The van der Waals surface area contributed by atoms with Gasteiger partial charge in [-0.1, -0.05) is 39.1 Å². The molecule has 64 valence electrons. The minimum Gasteiger partial charge on any atom is -0.0839 e. The summed E-state index contributed by atoms with van der Waals surface area (Å²) in [7, 11) is 0. The molecule has 0 aliphatic heterocycles. The van der Waals surface area contributed by atoms with Crippen molar-refractivity contribution in [3.05, 3.63) is 33.3 Å². The summed E-state index contributed by atoms with van der Waals surface area (Å²) in [4.78, 5) is 0.460. The highest BCUT2D eigenvalue weighted by Gasteiger charge is 2.20. The quantitative estimate of drug-likeness (QED) is 0.611. The molecule has 1 aliphatic rings. The van der Waals surface area contributed by atoms with Gasteiger partial charge in [-0.25, -0.2) is 0 Å². The summed E-state index contributed by atoms with van der Waals surface area (Å²) in [5, 5.41) is 1.32. The van der Waals surface area contributed by atoms with Crippen LogP contribution >= 0.6 is 39.1 Å². The highest BCUT2D eigenvalue weighted by Crippen LogP contribution is 2.40. The fourth-order valence-electron chi connectivity index (χ4n) is 1.55. The predicted molar refractivity (Wildman–Crippen MR) is 56.5 cm³/mol. The van der Waals surface area contributed by atoms with Crippen LogP contribution in [0.15, 0.2) is 12.1 Å². The average Bonchev–Trinajstić information content (AvgIpc) is 2.35. The molecule has 1 unspecified atom stereocenters. The highest BCUT2D eigenvalue weighted by molar-refractivity contribution is 9.09. The molecule has 1 aliphatic carbocycles. The monoisotopic (exact) mass is 264 g/mol. The van der Waals surface area contributed by atoms with Gasteiger partial charge in [-0.05, 0) is 36.1 Å². The van der Waals surface area contributed by atoms with Crippen LogP contribution in [0.1, 0.15) is 22.4 Å². The summed E-state index contributed by atoms with van der Waals surface area (Å²) in [5.41, 5.74) is 2.62. The number of fused-ring (bicyclic) bond motifs is 1. The fourth-order valence-corrected chi connectivity index (χ4v) is 2.56. The molecule has 0 heterocycles. The minimum atomic E-state index is 0.460. The summed E-state index contributed by atoms with van der Waals surface area (Å²) in [6.45, 7) is 0. The van der Waals surface area contributed by atoms with Crippen molar-refractivity contribution in [3.63, 3.8) is 0 Å². The van der Waals surface area contributed by atoms with E-state index in [2.05, 4.69) is 15.9 Å². The summed E-state index contributed by atoms with van der Waals surface area (Å²) in [5.74, 6) is 0. The number of hydrogen-bond acceptors (Lipinski definition) is 0. The molecule has 0 radical (unpaired) electrons. The van der Waals surface area contributed by atoms with Gasteiger partial charge in [0.05, 0.1) is 10.0 Å². The molecular weight excluding hydrogens is 259 g/mol. The summed E-state index contributed by atoms with van der Waals surface area (Å²) in [6.07, 6.45) is 2.24. The first kappa shape index (κ1) is 8.86. The Bertz CT molecular complexity index is 323. The Morgan fingerprint density at radius 1 is 1.25 bits per heavy atom. The van der Waals surface area contributed by atoms with Crippen LogP contribution in [0.5, 0.6) is 0 Å². The smallest absolute Gasteiger partial charge is 0.0595 e. The van der Waals surface area contributed by atoms with Crippen LogP contribution in [0.3, 0.4) is 0 Å². The van der Waals surface area contributed by atoms with Gasteiger partial charge in [-0.3, -0.25) is 0 Å². The summed E-state index contributed by atoms with van der Waals surface area (Å²) in [6, 6.07) is 3.94. The molecule has 1 aromatic carbocycles. The topological polar surface area (TPSA) is 0 Å². The van der Waals surface area contributed by atoms with Crippen LogP contribution in [0.4, 0.5) is 0 Å². The van der Waals surface area contributed by atoms with Gasteiger partial charge in [0.25, 0.3) is 0 Å². The van der Waals surface area contributed by atoms with Crippen molar-refractivity contribution in [1.82, 2.24) is 0 Å². The maximum Gasteiger partial charge on any atom is 0.0595 e. The van der Waals surface area contributed by atoms with Gasteiger partial charge in [0.2, 0.25) is 0 Å². The van der Waals surface area contributed by atoms with Crippen molar-refractivity contribution in [1.29, 1.82) is 0 Å². The molecule has 0 nitrogen and oxygen atoms in total. The van der Waals surface area contributed by atoms with E-state index >= 15 is 0 Å². The molecule has 0 amide bonds. The van der Waals surface area contributed by atoms with E-state index < -0.39 is 0 Å². The molecule has 0 N–H and O–H groups in total. The predicted octanol–water partition coefficient (Wildman–Crippen LogP) is 4.38. The maximum atomic E-state index is 5.90. The van der Waals surface area contributed by atoms with Gasteiger partial charge < -0.3 is 0 Å². The van der Waals surface area contributed by atoms with Crippen LogP contribution in [0.2, 0.25) is 10.0 Å². The van der Waals surface area contributed by atoms with E-state index in [1.54, 1.807) is 0 Å². The Morgan fingerprint density at radius 3 is 2.67 bits per heavy atom. The van der Waals surface area contributed by atoms with E-state index in [1.807, 2.05) is 12.1 Å². The number of hydrogen-bond donors (Lipinski definition) is 0. The van der Waals surface area contributed by atoms with Crippen molar-refractivity contribution in [2.75, 3.05) is 0 Å². The lowest BCUT2D eigenvalue weighted by Gasteiger charge is -2.04. The molecule has 1 atom stereocenters. The summed E-state index contributed by atoms with van der Waals surface area (Å²) < 4.78 is 0. The first-order valence-corrected chi connectivity index (χ1v) is 5.47. The average molecular weight is 266 g/mol. The zero-order chi connectivity index (χ0) is 8.72. The van der Waals surface area contributed by atoms with Crippen molar-refractivity contribution in [2.24, 2.45) is 0 Å². The van der Waals surface area contributed by atoms with E-state index in [0.29, 0.717) is 14.9 Å². The first-order valence-electron chi connectivity index (χ1n) is 3.80. The van der Waals surface area contributed by atoms with Crippen LogP contribution in [0.25, 0.3) is 0 Å². The van der Waals surface area contributed by atoms with Gasteiger partial charge in [-0.2, -0.15) is 0 Å². The van der Waals surface area contributed by atoms with E-state index in [4.69, 9.17) is 23.2 Å². The molecule has 0 saturated heterocycles. The van der Waals surface area contributed by atoms with Gasteiger partial charge in [0.15, 0.2) is 0 Å². The van der Waals surface area contributed by atoms with Gasteiger partial charge in [0.1, 0.15) is 0 Å². The van der Waals surface area contributed by atoms with Crippen molar-refractivity contribution < 1.29 is 0 Å². The Morgan fingerprint density at radius 2 is 1.92 bits per heavy atom. The third-order valence-corrected chi connectivity index (χ3v) is 3.86. The molecule has 3 heteroatoms. The second kappa shape index (κ2) is 3.21. The summed E-state index contributed by atoms with van der Waals surface area (Å²) >= 11 is 15.4. The Balaban J connectivity index is 2.56. The number of rotatable bonds is 0. The standard InChI is InChI=1S/C9H7BrCl2/c10-7-2-1-5-3-8(11)9(12)4-6(5)7/h3-4,7H,1-2H2. The van der Waals surface area contributed by atoms with Crippen molar-refractivity contribution in [2.45, 2.75) is 17.7 Å². The molecule has 0 saturated carbocycles. The minimum absolute atomic E-state index is 0.460. The third kappa shape index (κ3) is 1.39. The van der Waals surface area contributed by atoms with E-state index in [-0.39, 0.29) is 0 Å². The number of aryl methyl sites for hydroxylation is 1. The van der Waals surface area contributed by atoms with E-state index in [1.165, 1.54) is 11.1 Å². The van der Waals surface area contributed by atoms with Gasteiger partial charge >= 0.3 is 0 Å². The molecular formula is C9H7BrCl2. The molecule has 0 aromatic heterocycles. The van der Waals surface area contributed by atoms with Gasteiger partial charge in [-0.15, -0.1) is 0 Å². The lowest BCUT2D eigenvalue weighted by Crippen LogP contribution is -1.83. The van der Waals surface area contributed by atoms with Crippen molar-refractivity contribution >= 4 is 39.1 Å². The normalized spacial score (nSPS) is 21.1. The van der Waals surface area contributed by atoms with Crippen molar-refractivity contribution in [3.8, 4) is 0 Å². The molecule has 1 aromatic rings. The molecule has 0 spiro atoms. The molecule has 12 heavy (non-hydrogen) atoms. The number of benzene rings is 1. The van der Waals surface area contributed by atoms with Crippen LogP contribution in [-0.2, 0) is 6.42 Å². The lowest BCUT2D eigenvalue weighted by molar-refractivity contribution is 0.903. The zero-order valence-electron chi connectivity index (χ0n) is 6.28. The van der Waals surface area contributed by atoms with Gasteiger partial charge in [0, 0.05) is 4.83 Å². The fraction of sp³-hybridized carbons (Fsp3) is 0.333. The van der Waals surface area contributed by atoms with E-state index in [9.17, 15) is 0 Å². The highest BCUT2D eigenvalue weighted by atomic mass is 79.9. The first-order chi connectivity index (χ1) is 5.68. The zero-order valence-corrected chi connectivity index (χ0v) is 9.38. The second-order valence-electron chi connectivity index (χ2n) is 2.97. The Labute approximate surface area is 90.0 Å².